The zero-order chi connectivity index (χ0) is 13.4. The molecule has 1 fully saturated rings. The van der Waals surface area contributed by atoms with E-state index in [1.807, 2.05) is 24.0 Å². The van der Waals surface area contributed by atoms with Crippen molar-refractivity contribution in [2.24, 2.45) is 0 Å². The van der Waals surface area contributed by atoms with Crippen LogP contribution < -0.4 is 5.32 Å². The maximum atomic E-state index is 6.35. The molecule has 0 spiro atoms. The first-order chi connectivity index (χ1) is 9.19. The summed E-state index contributed by atoms with van der Waals surface area (Å²) in [5.41, 5.74) is 3.33. The smallest absolute Gasteiger partial charge is 0.0660 e. The molecule has 19 heavy (non-hydrogen) atoms. The van der Waals surface area contributed by atoms with Crippen LogP contribution in [0.1, 0.15) is 43.0 Å². The van der Waals surface area contributed by atoms with Crippen LogP contribution in [0.5, 0.6) is 0 Å². The summed E-state index contributed by atoms with van der Waals surface area (Å²) in [5.74, 6) is 0.681. The van der Waals surface area contributed by atoms with Gasteiger partial charge in [-0.1, -0.05) is 17.7 Å². The molecule has 0 aliphatic heterocycles. The van der Waals surface area contributed by atoms with Crippen molar-refractivity contribution in [1.29, 1.82) is 0 Å². The van der Waals surface area contributed by atoms with Crippen LogP contribution in [-0.4, -0.2) is 16.8 Å². The van der Waals surface area contributed by atoms with Gasteiger partial charge in [0.2, 0.25) is 0 Å². The molecule has 1 unspecified atom stereocenters. The first kappa shape index (κ1) is 12.7. The third-order valence-electron chi connectivity index (χ3n) is 3.75. The zero-order valence-corrected chi connectivity index (χ0v) is 12.0. The Morgan fingerprint density at radius 2 is 2.16 bits per heavy atom. The summed E-state index contributed by atoms with van der Waals surface area (Å²) in [6, 6.07) is 8.47. The molecule has 3 rings (SSSR count). The van der Waals surface area contributed by atoms with Crippen molar-refractivity contribution in [3.05, 3.63) is 46.7 Å². The minimum absolute atomic E-state index is 0.251. The van der Waals surface area contributed by atoms with Gasteiger partial charge >= 0.3 is 0 Å². The van der Waals surface area contributed by atoms with Crippen LogP contribution in [0.2, 0.25) is 5.02 Å². The van der Waals surface area contributed by atoms with E-state index >= 15 is 0 Å². The maximum absolute atomic E-state index is 6.35. The zero-order valence-electron chi connectivity index (χ0n) is 11.2. The lowest BCUT2D eigenvalue weighted by Gasteiger charge is -2.13. The summed E-state index contributed by atoms with van der Waals surface area (Å²) in [6.07, 6.45) is 4.56. The van der Waals surface area contributed by atoms with Gasteiger partial charge in [0.25, 0.3) is 0 Å². The van der Waals surface area contributed by atoms with E-state index in [1.165, 1.54) is 18.5 Å². The topological polar surface area (TPSA) is 29.9 Å². The lowest BCUT2D eigenvalue weighted by molar-refractivity contribution is 0.652. The monoisotopic (exact) mass is 275 g/mol. The molecule has 1 aromatic carbocycles. The molecule has 1 aliphatic rings. The van der Waals surface area contributed by atoms with E-state index in [-0.39, 0.29) is 6.04 Å². The van der Waals surface area contributed by atoms with Crippen molar-refractivity contribution in [1.82, 2.24) is 15.1 Å². The standard InChI is InChI=1S/C15H18ClN3/c1-10(17-2)13-6-5-12(9-14(13)16)19-8-7-15(18-19)11-3-4-11/h5-11,17H,3-4H2,1-2H3. The second-order valence-electron chi connectivity index (χ2n) is 5.18. The van der Waals surface area contributed by atoms with Crippen LogP contribution in [0.3, 0.4) is 0 Å². The summed E-state index contributed by atoms with van der Waals surface area (Å²) in [6.45, 7) is 2.10. The van der Waals surface area contributed by atoms with E-state index in [0.29, 0.717) is 5.92 Å². The van der Waals surface area contributed by atoms with Crippen LogP contribution in [0.4, 0.5) is 0 Å². The Morgan fingerprint density at radius 3 is 2.79 bits per heavy atom. The van der Waals surface area contributed by atoms with Gasteiger partial charge in [-0.05, 0) is 50.6 Å². The minimum atomic E-state index is 0.251. The van der Waals surface area contributed by atoms with Crippen molar-refractivity contribution in [2.75, 3.05) is 7.05 Å². The van der Waals surface area contributed by atoms with Gasteiger partial charge < -0.3 is 5.32 Å². The lowest BCUT2D eigenvalue weighted by Crippen LogP contribution is -2.12. The van der Waals surface area contributed by atoms with E-state index in [4.69, 9.17) is 11.6 Å². The highest BCUT2D eigenvalue weighted by Gasteiger charge is 2.25. The first-order valence-corrected chi connectivity index (χ1v) is 7.09. The Bertz CT molecular complexity index is 587. The number of benzene rings is 1. The molecule has 1 N–H and O–H groups in total. The van der Waals surface area contributed by atoms with Crippen LogP contribution in [0.15, 0.2) is 30.5 Å². The van der Waals surface area contributed by atoms with Crippen molar-refractivity contribution in [2.45, 2.75) is 31.7 Å². The molecule has 0 saturated heterocycles. The molecule has 0 amide bonds. The summed E-state index contributed by atoms with van der Waals surface area (Å²) >= 11 is 6.35. The Balaban J connectivity index is 1.89. The third-order valence-corrected chi connectivity index (χ3v) is 4.08. The molecule has 3 nitrogen and oxygen atoms in total. The summed E-state index contributed by atoms with van der Waals surface area (Å²) in [4.78, 5) is 0. The highest BCUT2D eigenvalue weighted by Crippen LogP contribution is 2.39. The van der Waals surface area contributed by atoms with Crippen molar-refractivity contribution < 1.29 is 0 Å². The average molecular weight is 276 g/mol. The molecule has 1 atom stereocenters. The lowest BCUT2D eigenvalue weighted by atomic mass is 10.1. The quantitative estimate of drug-likeness (QED) is 0.922. The van der Waals surface area contributed by atoms with Gasteiger partial charge in [-0.25, -0.2) is 4.68 Å². The van der Waals surface area contributed by atoms with Gasteiger partial charge in [-0.3, -0.25) is 0 Å². The van der Waals surface area contributed by atoms with Crippen LogP contribution in [0, 0.1) is 0 Å². The SMILES string of the molecule is CNC(C)c1ccc(-n2ccc(C3CC3)n2)cc1Cl. The van der Waals surface area contributed by atoms with E-state index in [2.05, 4.69) is 35.5 Å². The molecular formula is C15H18ClN3. The fourth-order valence-corrected chi connectivity index (χ4v) is 2.58. The maximum Gasteiger partial charge on any atom is 0.0660 e. The van der Waals surface area contributed by atoms with Gasteiger partial charge in [0.05, 0.1) is 11.4 Å². The Hall–Kier alpha value is -1.32. The number of hydrogen-bond acceptors (Lipinski definition) is 2. The number of rotatable bonds is 4. The average Bonchev–Trinajstić information content (AvgIpc) is 3.15. The van der Waals surface area contributed by atoms with Crippen LogP contribution in [0.25, 0.3) is 5.69 Å². The van der Waals surface area contributed by atoms with Crippen LogP contribution >= 0.6 is 11.6 Å². The number of aromatic nitrogens is 2. The summed E-state index contributed by atoms with van der Waals surface area (Å²) < 4.78 is 1.91. The van der Waals surface area contributed by atoms with Crippen molar-refractivity contribution in [3.8, 4) is 5.69 Å². The fourth-order valence-electron chi connectivity index (χ4n) is 2.24. The second kappa shape index (κ2) is 4.99. The third kappa shape index (κ3) is 2.53. The van der Waals surface area contributed by atoms with E-state index in [0.717, 1.165) is 16.3 Å². The number of halogens is 1. The van der Waals surface area contributed by atoms with Gasteiger partial charge in [0.15, 0.2) is 0 Å². The Morgan fingerprint density at radius 1 is 1.37 bits per heavy atom. The van der Waals surface area contributed by atoms with Crippen molar-refractivity contribution >= 4 is 11.6 Å². The minimum Gasteiger partial charge on any atom is -0.313 e. The number of nitrogens with zero attached hydrogens (tertiary/aromatic N) is 2. The molecule has 1 saturated carbocycles. The molecule has 2 aromatic rings. The first-order valence-electron chi connectivity index (χ1n) is 6.71. The molecule has 4 heteroatoms. The van der Waals surface area contributed by atoms with Crippen LogP contribution in [-0.2, 0) is 0 Å². The normalized spacial score (nSPS) is 16.6. The van der Waals surface area contributed by atoms with Crippen molar-refractivity contribution in [3.63, 3.8) is 0 Å². The molecule has 1 heterocycles. The Kier molecular flexibility index (Phi) is 3.33. The van der Waals surface area contributed by atoms with Gasteiger partial charge in [0.1, 0.15) is 0 Å². The summed E-state index contributed by atoms with van der Waals surface area (Å²) in [5, 5.41) is 8.60. The molecule has 1 aliphatic carbocycles. The highest BCUT2D eigenvalue weighted by molar-refractivity contribution is 6.31. The molecule has 0 bridgehead atoms. The molecule has 0 radical (unpaired) electrons. The van der Waals surface area contributed by atoms with E-state index in [9.17, 15) is 0 Å². The second-order valence-corrected chi connectivity index (χ2v) is 5.58. The van der Waals surface area contributed by atoms with E-state index < -0.39 is 0 Å². The molecule has 1 aromatic heterocycles. The molecule has 100 valence electrons. The van der Waals surface area contributed by atoms with Gasteiger partial charge in [-0.15, -0.1) is 0 Å². The highest BCUT2D eigenvalue weighted by atomic mass is 35.5. The van der Waals surface area contributed by atoms with Gasteiger partial charge in [-0.2, -0.15) is 5.10 Å². The number of hydrogen-bond donors (Lipinski definition) is 1. The number of nitrogens with one attached hydrogen (secondary N) is 1. The predicted molar refractivity (Wildman–Crippen MR) is 78.0 cm³/mol. The largest absolute Gasteiger partial charge is 0.313 e. The Labute approximate surface area is 118 Å². The summed E-state index contributed by atoms with van der Waals surface area (Å²) in [7, 11) is 1.93. The van der Waals surface area contributed by atoms with E-state index in [1.54, 1.807) is 0 Å². The van der Waals surface area contributed by atoms with Gasteiger partial charge in [0, 0.05) is 23.2 Å². The molecular weight excluding hydrogens is 258 g/mol. The predicted octanol–water partition coefficient (Wildman–Crippen LogP) is 3.68. The fraction of sp³-hybridized carbons (Fsp3) is 0.400.